The number of alkyl halides is 3. The quantitative estimate of drug-likeness (QED) is 0.491. The molecule has 0 fully saturated rings. The lowest BCUT2D eigenvalue weighted by Gasteiger charge is -2.12. The van der Waals surface area contributed by atoms with E-state index in [1.54, 1.807) is 0 Å². The number of hydrogen-bond donors (Lipinski definition) is 1. The molecule has 0 spiro atoms. The molecule has 1 aliphatic heterocycles. The number of halogens is 4. The third kappa shape index (κ3) is 4.46. The van der Waals surface area contributed by atoms with Crippen LogP contribution in [-0.4, -0.2) is 16.6 Å². The Balaban J connectivity index is 1.80. The summed E-state index contributed by atoms with van der Waals surface area (Å²) in [6, 6.07) is 13.4. The Kier molecular flexibility index (Phi) is 5.31. The highest BCUT2D eigenvalue weighted by Gasteiger charge is 2.34. The molecule has 2 aromatic carbocycles. The standard InChI is InChI=1S/C23H17ClF3N3O/c1-12-6-16(7-13(2)28-12)14-4-3-5-15(8-14)19-11-22(31)30-20-9-17(23(25,26)27)18(24)10-21(20)29-19/h3-10H,11H2,1-2H3,(H,30,31). The molecule has 0 atom stereocenters. The zero-order chi connectivity index (χ0) is 22.3. The van der Waals surface area contributed by atoms with Crippen molar-refractivity contribution in [3.05, 3.63) is 76.1 Å². The highest BCUT2D eigenvalue weighted by molar-refractivity contribution is 6.32. The Morgan fingerprint density at radius 1 is 0.968 bits per heavy atom. The van der Waals surface area contributed by atoms with Gasteiger partial charge in [0, 0.05) is 11.4 Å². The molecule has 1 amide bonds. The van der Waals surface area contributed by atoms with Gasteiger partial charge in [-0.05, 0) is 60.9 Å². The van der Waals surface area contributed by atoms with Crippen LogP contribution >= 0.6 is 11.6 Å². The van der Waals surface area contributed by atoms with Crippen molar-refractivity contribution in [2.24, 2.45) is 4.99 Å². The second-order valence-electron chi connectivity index (χ2n) is 7.35. The molecule has 2 heterocycles. The number of aromatic nitrogens is 1. The predicted molar refractivity (Wildman–Crippen MR) is 115 cm³/mol. The van der Waals surface area contributed by atoms with Crippen LogP contribution in [0, 0.1) is 13.8 Å². The van der Waals surface area contributed by atoms with Crippen LogP contribution in [0.1, 0.15) is 28.9 Å². The van der Waals surface area contributed by atoms with Gasteiger partial charge < -0.3 is 5.32 Å². The van der Waals surface area contributed by atoms with E-state index in [2.05, 4.69) is 15.3 Å². The summed E-state index contributed by atoms with van der Waals surface area (Å²) in [5.74, 6) is -0.450. The minimum absolute atomic E-state index is 0.0201. The van der Waals surface area contributed by atoms with E-state index in [4.69, 9.17) is 11.6 Å². The molecule has 1 N–H and O–H groups in total. The van der Waals surface area contributed by atoms with Crippen LogP contribution in [0.5, 0.6) is 0 Å². The van der Waals surface area contributed by atoms with E-state index in [1.165, 1.54) is 0 Å². The second-order valence-corrected chi connectivity index (χ2v) is 7.76. The van der Waals surface area contributed by atoms with Gasteiger partial charge in [0.25, 0.3) is 0 Å². The third-order valence-electron chi connectivity index (χ3n) is 4.86. The number of nitrogens with one attached hydrogen (secondary N) is 1. The topological polar surface area (TPSA) is 54.4 Å². The summed E-state index contributed by atoms with van der Waals surface area (Å²) in [6.45, 7) is 3.83. The number of rotatable bonds is 2. The monoisotopic (exact) mass is 443 g/mol. The number of anilines is 1. The van der Waals surface area contributed by atoms with Crippen LogP contribution in [-0.2, 0) is 11.0 Å². The van der Waals surface area contributed by atoms with E-state index in [9.17, 15) is 18.0 Å². The number of hydrogen-bond acceptors (Lipinski definition) is 3. The van der Waals surface area contributed by atoms with E-state index >= 15 is 0 Å². The maximum atomic E-state index is 13.2. The molecule has 1 aliphatic rings. The van der Waals surface area contributed by atoms with E-state index in [-0.39, 0.29) is 17.8 Å². The molecule has 1 aromatic heterocycles. The number of aryl methyl sites for hydroxylation is 2. The number of aliphatic imine (C=N–C) groups is 1. The predicted octanol–water partition coefficient (Wildman–Crippen LogP) is 6.50. The van der Waals surface area contributed by atoms with Gasteiger partial charge in [-0.15, -0.1) is 0 Å². The van der Waals surface area contributed by atoms with Crippen LogP contribution in [0.15, 0.2) is 53.5 Å². The fourth-order valence-corrected chi connectivity index (χ4v) is 3.82. The minimum atomic E-state index is -4.63. The summed E-state index contributed by atoms with van der Waals surface area (Å²) in [4.78, 5) is 21.3. The van der Waals surface area contributed by atoms with E-state index < -0.39 is 22.7 Å². The highest BCUT2D eigenvalue weighted by atomic mass is 35.5. The average Bonchev–Trinajstić information content (AvgIpc) is 2.83. The number of fused-ring (bicyclic) bond motifs is 1. The van der Waals surface area contributed by atoms with Crippen molar-refractivity contribution in [1.29, 1.82) is 0 Å². The van der Waals surface area contributed by atoms with Crippen molar-refractivity contribution in [1.82, 2.24) is 4.98 Å². The highest BCUT2D eigenvalue weighted by Crippen LogP contribution is 2.41. The van der Waals surface area contributed by atoms with E-state index in [0.717, 1.165) is 34.6 Å². The van der Waals surface area contributed by atoms with Crippen molar-refractivity contribution in [3.63, 3.8) is 0 Å². The van der Waals surface area contributed by atoms with Crippen molar-refractivity contribution >= 4 is 34.6 Å². The van der Waals surface area contributed by atoms with Gasteiger partial charge in [0.2, 0.25) is 5.91 Å². The SMILES string of the molecule is Cc1cc(-c2cccc(C3=Nc4cc(Cl)c(C(F)(F)F)cc4NC(=O)C3)c2)cc(C)n1. The van der Waals surface area contributed by atoms with Gasteiger partial charge in [-0.25, -0.2) is 0 Å². The van der Waals surface area contributed by atoms with Crippen LogP contribution in [0.4, 0.5) is 24.5 Å². The molecule has 0 saturated carbocycles. The van der Waals surface area contributed by atoms with E-state index in [1.807, 2.05) is 50.2 Å². The number of nitrogens with zero attached hydrogens (tertiary/aromatic N) is 2. The summed E-state index contributed by atoms with van der Waals surface area (Å²) in [5.41, 5.74) is 3.95. The lowest BCUT2D eigenvalue weighted by atomic mass is 9.99. The zero-order valence-electron chi connectivity index (χ0n) is 16.6. The summed E-state index contributed by atoms with van der Waals surface area (Å²) in [6.07, 6.45) is -4.71. The molecular weight excluding hydrogens is 427 g/mol. The molecule has 4 nitrogen and oxygen atoms in total. The molecule has 158 valence electrons. The molecule has 0 saturated heterocycles. The number of pyridine rings is 1. The molecule has 0 radical (unpaired) electrons. The Morgan fingerprint density at radius 2 is 1.65 bits per heavy atom. The van der Waals surface area contributed by atoms with Gasteiger partial charge in [0.1, 0.15) is 0 Å². The Hall–Kier alpha value is -3.19. The average molecular weight is 444 g/mol. The minimum Gasteiger partial charge on any atom is -0.324 e. The normalized spacial score (nSPS) is 13.9. The first kappa shape index (κ1) is 21.1. The summed E-state index contributed by atoms with van der Waals surface area (Å²) < 4.78 is 39.6. The maximum Gasteiger partial charge on any atom is 0.417 e. The van der Waals surface area contributed by atoms with Crippen LogP contribution in [0.3, 0.4) is 0 Å². The van der Waals surface area contributed by atoms with Gasteiger partial charge in [0.05, 0.1) is 34.1 Å². The van der Waals surface area contributed by atoms with Crippen molar-refractivity contribution in [2.45, 2.75) is 26.4 Å². The lowest BCUT2D eigenvalue weighted by Crippen LogP contribution is -2.15. The van der Waals surface area contributed by atoms with Gasteiger partial charge in [-0.3, -0.25) is 14.8 Å². The smallest absolute Gasteiger partial charge is 0.324 e. The van der Waals surface area contributed by atoms with Crippen molar-refractivity contribution in [2.75, 3.05) is 5.32 Å². The fraction of sp³-hybridized carbons (Fsp3) is 0.174. The second kappa shape index (κ2) is 7.81. The van der Waals surface area contributed by atoms with E-state index in [0.29, 0.717) is 11.3 Å². The van der Waals surface area contributed by atoms with Crippen LogP contribution < -0.4 is 5.32 Å². The Morgan fingerprint density at radius 3 is 2.32 bits per heavy atom. The Labute approximate surface area is 181 Å². The number of amides is 1. The van der Waals surface area contributed by atoms with Crippen LogP contribution in [0.2, 0.25) is 5.02 Å². The lowest BCUT2D eigenvalue weighted by molar-refractivity contribution is -0.137. The summed E-state index contributed by atoms with van der Waals surface area (Å²) >= 11 is 5.86. The van der Waals surface area contributed by atoms with Gasteiger partial charge in [-0.2, -0.15) is 13.2 Å². The van der Waals surface area contributed by atoms with Crippen molar-refractivity contribution in [3.8, 4) is 11.1 Å². The number of benzene rings is 2. The molecule has 8 heteroatoms. The maximum absolute atomic E-state index is 13.2. The Bertz CT molecular complexity index is 1210. The first-order valence-corrected chi connectivity index (χ1v) is 9.82. The number of carbonyl (C=O) groups excluding carboxylic acids is 1. The van der Waals surface area contributed by atoms with Gasteiger partial charge >= 0.3 is 6.18 Å². The molecule has 31 heavy (non-hydrogen) atoms. The van der Waals surface area contributed by atoms with Crippen molar-refractivity contribution < 1.29 is 18.0 Å². The van der Waals surface area contributed by atoms with Gasteiger partial charge in [0.15, 0.2) is 0 Å². The largest absolute Gasteiger partial charge is 0.417 e. The molecule has 0 unspecified atom stereocenters. The first-order valence-electron chi connectivity index (χ1n) is 9.44. The molecule has 0 bridgehead atoms. The number of carbonyl (C=O) groups is 1. The van der Waals surface area contributed by atoms with Crippen LogP contribution in [0.25, 0.3) is 11.1 Å². The fourth-order valence-electron chi connectivity index (χ4n) is 3.55. The zero-order valence-corrected chi connectivity index (χ0v) is 17.4. The molecule has 4 rings (SSSR count). The summed E-state index contributed by atoms with van der Waals surface area (Å²) in [5, 5.41) is 2.03. The van der Waals surface area contributed by atoms with Gasteiger partial charge in [-0.1, -0.05) is 29.8 Å². The third-order valence-corrected chi connectivity index (χ3v) is 5.17. The first-order chi connectivity index (χ1) is 14.6. The molecule has 3 aromatic rings. The summed E-state index contributed by atoms with van der Waals surface area (Å²) in [7, 11) is 0. The molecular formula is C23H17ClF3N3O. The molecule has 0 aliphatic carbocycles.